The van der Waals surface area contributed by atoms with Gasteiger partial charge in [0.15, 0.2) is 0 Å². The number of anilines is 1. The van der Waals surface area contributed by atoms with Gasteiger partial charge in [0, 0.05) is 44.0 Å². The van der Waals surface area contributed by atoms with Crippen LogP contribution >= 0.6 is 0 Å². The van der Waals surface area contributed by atoms with Gasteiger partial charge in [-0.3, -0.25) is 14.5 Å². The Bertz CT molecular complexity index is 846. The predicted octanol–water partition coefficient (Wildman–Crippen LogP) is 1.25. The van der Waals surface area contributed by atoms with E-state index in [9.17, 15) is 14.4 Å². The van der Waals surface area contributed by atoms with E-state index >= 15 is 0 Å². The highest BCUT2D eigenvalue weighted by Gasteiger charge is 2.21. The maximum absolute atomic E-state index is 12.3. The lowest BCUT2D eigenvalue weighted by Crippen LogP contribution is -2.52. The molecule has 8 heteroatoms. The summed E-state index contributed by atoms with van der Waals surface area (Å²) < 4.78 is 0. The largest absolute Gasteiger partial charge is 0.366 e. The molecule has 0 aromatic heterocycles. The molecule has 8 nitrogen and oxygen atoms in total. The summed E-state index contributed by atoms with van der Waals surface area (Å²) >= 11 is 0. The molecule has 0 aliphatic carbocycles. The Morgan fingerprint density at radius 3 is 2.17 bits per heavy atom. The zero-order valence-electron chi connectivity index (χ0n) is 16.1. The molecule has 1 saturated heterocycles. The van der Waals surface area contributed by atoms with Crippen LogP contribution in [0.1, 0.15) is 15.9 Å². The number of primary amides is 1. The van der Waals surface area contributed by atoms with Crippen LogP contribution < -0.4 is 16.4 Å². The van der Waals surface area contributed by atoms with Crippen molar-refractivity contribution in [2.75, 3.05) is 38.0 Å². The molecule has 2 aromatic carbocycles. The number of carbonyl (C=O) groups is 3. The molecule has 0 saturated carbocycles. The lowest BCUT2D eigenvalue weighted by atomic mass is 10.2. The lowest BCUT2D eigenvalue weighted by Gasteiger charge is -2.34. The lowest BCUT2D eigenvalue weighted by molar-refractivity contribution is -0.115. The summed E-state index contributed by atoms with van der Waals surface area (Å²) in [5, 5.41) is 5.32. The van der Waals surface area contributed by atoms with Crippen LogP contribution in [0, 0.1) is 0 Å². The standard InChI is InChI=1S/C21H25N5O3/c22-20(28)17-6-8-18(9-7-17)24-19(27)14-23-21(29)26-12-10-25(11-13-26)15-16-4-2-1-3-5-16/h1-9H,10-15H2,(H2,22,28)(H,23,29)(H,24,27). The first-order chi connectivity index (χ1) is 14.0. The van der Waals surface area contributed by atoms with Gasteiger partial charge in [-0.1, -0.05) is 30.3 Å². The zero-order valence-corrected chi connectivity index (χ0v) is 16.1. The molecule has 4 amide bonds. The van der Waals surface area contributed by atoms with Gasteiger partial charge < -0.3 is 21.3 Å². The fourth-order valence-electron chi connectivity index (χ4n) is 3.14. The maximum atomic E-state index is 12.3. The van der Waals surface area contributed by atoms with Crippen LogP contribution in [0.15, 0.2) is 54.6 Å². The third kappa shape index (κ3) is 6.05. The minimum Gasteiger partial charge on any atom is -0.366 e. The number of amides is 4. The number of piperazine rings is 1. The van der Waals surface area contributed by atoms with Crippen molar-refractivity contribution in [3.63, 3.8) is 0 Å². The molecule has 2 aromatic rings. The molecular formula is C21H25N5O3. The van der Waals surface area contributed by atoms with Crippen molar-refractivity contribution in [1.29, 1.82) is 0 Å². The third-order valence-corrected chi connectivity index (χ3v) is 4.76. The Morgan fingerprint density at radius 2 is 1.55 bits per heavy atom. The summed E-state index contributed by atoms with van der Waals surface area (Å²) in [6.45, 7) is 3.57. The van der Waals surface area contributed by atoms with E-state index in [0.29, 0.717) is 24.3 Å². The van der Waals surface area contributed by atoms with Crippen molar-refractivity contribution in [3.05, 3.63) is 65.7 Å². The zero-order chi connectivity index (χ0) is 20.6. The molecule has 1 heterocycles. The van der Waals surface area contributed by atoms with Gasteiger partial charge in [-0.15, -0.1) is 0 Å². The van der Waals surface area contributed by atoms with Crippen LogP contribution in [0.2, 0.25) is 0 Å². The molecule has 0 radical (unpaired) electrons. The molecule has 29 heavy (non-hydrogen) atoms. The van der Waals surface area contributed by atoms with E-state index in [1.165, 1.54) is 17.7 Å². The molecular weight excluding hydrogens is 370 g/mol. The second kappa shape index (κ2) is 9.70. The quantitative estimate of drug-likeness (QED) is 0.684. The molecule has 0 atom stereocenters. The van der Waals surface area contributed by atoms with Crippen LogP contribution in [0.5, 0.6) is 0 Å². The minimum atomic E-state index is -0.529. The molecule has 0 unspecified atom stereocenters. The van der Waals surface area contributed by atoms with Crippen molar-refractivity contribution in [2.45, 2.75) is 6.54 Å². The highest BCUT2D eigenvalue weighted by atomic mass is 16.2. The summed E-state index contributed by atoms with van der Waals surface area (Å²) in [5.74, 6) is -0.869. The van der Waals surface area contributed by atoms with Crippen LogP contribution in [-0.2, 0) is 11.3 Å². The van der Waals surface area contributed by atoms with Gasteiger partial charge in [0.05, 0.1) is 6.54 Å². The fraction of sp³-hybridized carbons (Fsp3) is 0.286. The molecule has 0 bridgehead atoms. The Hall–Kier alpha value is -3.39. The van der Waals surface area contributed by atoms with E-state index in [0.717, 1.165) is 19.6 Å². The van der Waals surface area contributed by atoms with Crippen molar-refractivity contribution in [3.8, 4) is 0 Å². The SMILES string of the molecule is NC(=O)c1ccc(NC(=O)CNC(=O)N2CCN(Cc3ccccc3)CC2)cc1. The van der Waals surface area contributed by atoms with Crippen molar-refractivity contribution in [1.82, 2.24) is 15.1 Å². The molecule has 0 spiro atoms. The van der Waals surface area contributed by atoms with Gasteiger partial charge in [-0.05, 0) is 29.8 Å². The fourth-order valence-corrected chi connectivity index (χ4v) is 3.14. The van der Waals surface area contributed by atoms with E-state index in [1.54, 1.807) is 17.0 Å². The van der Waals surface area contributed by atoms with Crippen molar-refractivity contribution in [2.24, 2.45) is 5.73 Å². The average Bonchev–Trinajstić information content (AvgIpc) is 2.74. The Labute approximate surface area is 169 Å². The van der Waals surface area contributed by atoms with E-state index in [1.807, 2.05) is 18.2 Å². The Kier molecular flexibility index (Phi) is 6.80. The summed E-state index contributed by atoms with van der Waals surface area (Å²) in [4.78, 5) is 39.4. The monoisotopic (exact) mass is 395 g/mol. The van der Waals surface area contributed by atoms with E-state index in [4.69, 9.17) is 5.73 Å². The number of nitrogens with zero attached hydrogens (tertiary/aromatic N) is 2. The van der Waals surface area contributed by atoms with E-state index in [2.05, 4.69) is 27.7 Å². The first-order valence-corrected chi connectivity index (χ1v) is 9.50. The number of carbonyl (C=O) groups excluding carboxylic acids is 3. The number of rotatable bonds is 6. The predicted molar refractivity (Wildman–Crippen MR) is 110 cm³/mol. The van der Waals surface area contributed by atoms with E-state index in [-0.39, 0.29) is 18.5 Å². The van der Waals surface area contributed by atoms with Gasteiger partial charge in [0.1, 0.15) is 0 Å². The van der Waals surface area contributed by atoms with Crippen LogP contribution in [0.4, 0.5) is 10.5 Å². The van der Waals surface area contributed by atoms with Crippen LogP contribution in [-0.4, -0.2) is 60.4 Å². The van der Waals surface area contributed by atoms with Crippen LogP contribution in [0.3, 0.4) is 0 Å². The van der Waals surface area contributed by atoms with Crippen LogP contribution in [0.25, 0.3) is 0 Å². The summed E-state index contributed by atoms with van der Waals surface area (Å²) in [5.41, 5.74) is 7.33. The molecule has 152 valence electrons. The third-order valence-electron chi connectivity index (χ3n) is 4.76. The second-order valence-corrected chi connectivity index (χ2v) is 6.90. The van der Waals surface area contributed by atoms with Gasteiger partial charge in [-0.25, -0.2) is 4.79 Å². The molecule has 1 aliphatic heterocycles. The smallest absolute Gasteiger partial charge is 0.317 e. The summed E-state index contributed by atoms with van der Waals surface area (Å²) in [6, 6.07) is 16.2. The second-order valence-electron chi connectivity index (χ2n) is 6.90. The van der Waals surface area contributed by atoms with Gasteiger partial charge in [0.25, 0.3) is 0 Å². The molecule has 4 N–H and O–H groups in total. The number of nitrogens with two attached hydrogens (primary N) is 1. The van der Waals surface area contributed by atoms with Crippen molar-refractivity contribution >= 4 is 23.5 Å². The number of hydrogen-bond acceptors (Lipinski definition) is 4. The molecule has 1 aliphatic rings. The van der Waals surface area contributed by atoms with E-state index < -0.39 is 5.91 Å². The highest BCUT2D eigenvalue weighted by molar-refractivity contribution is 5.96. The van der Waals surface area contributed by atoms with Crippen molar-refractivity contribution < 1.29 is 14.4 Å². The normalized spacial score (nSPS) is 14.3. The summed E-state index contributed by atoms with van der Waals surface area (Å²) in [6.07, 6.45) is 0. The number of benzene rings is 2. The minimum absolute atomic E-state index is 0.124. The first-order valence-electron chi connectivity index (χ1n) is 9.50. The Balaban J connectivity index is 1.38. The maximum Gasteiger partial charge on any atom is 0.317 e. The molecule has 3 rings (SSSR count). The number of hydrogen-bond donors (Lipinski definition) is 3. The van der Waals surface area contributed by atoms with Gasteiger partial charge >= 0.3 is 6.03 Å². The molecule has 1 fully saturated rings. The Morgan fingerprint density at radius 1 is 0.897 bits per heavy atom. The topological polar surface area (TPSA) is 108 Å². The highest BCUT2D eigenvalue weighted by Crippen LogP contribution is 2.10. The first kappa shape index (κ1) is 20.3. The van der Waals surface area contributed by atoms with Gasteiger partial charge in [0.2, 0.25) is 11.8 Å². The van der Waals surface area contributed by atoms with Gasteiger partial charge in [-0.2, -0.15) is 0 Å². The summed E-state index contributed by atoms with van der Waals surface area (Å²) in [7, 11) is 0. The average molecular weight is 395 g/mol. The number of urea groups is 1. The number of nitrogens with one attached hydrogen (secondary N) is 2.